The molecule has 0 aliphatic carbocycles. The van der Waals surface area contributed by atoms with E-state index in [9.17, 15) is 9.18 Å². The number of amides is 1. The molecule has 1 amide bonds. The largest absolute Gasteiger partial charge is 0.339 e. The average molecular weight is 366 g/mol. The number of benzene rings is 1. The topological polar surface area (TPSA) is 58.1 Å². The Hall–Kier alpha value is -1.67. The summed E-state index contributed by atoms with van der Waals surface area (Å²) in [4.78, 5) is 14.3. The van der Waals surface area contributed by atoms with E-state index in [1.54, 1.807) is 12.1 Å². The van der Waals surface area contributed by atoms with Crippen molar-refractivity contribution in [3.63, 3.8) is 0 Å². The highest BCUT2D eigenvalue weighted by Crippen LogP contribution is 2.28. The lowest BCUT2D eigenvalue weighted by molar-refractivity contribution is -0.131. The third kappa shape index (κ3) is 4.45. The minimum Gasteiger partial charge on any atom is -0.339 e. The van der Waals surface area contributed by atoms with Crippen molar-refractivity contribution in [2.75, 3.05) is 17.6 Å². The molecule has 1 aromatic heterocycles. The normalized spacial score (nSPS) is 17.8. The minimum atomic E-state index is -0.305. The van der Waals surface area contributed by atoms with Crippen molar-refractivity contribution in [2.24, 2.45) is 0 Å². The summed E-state index contributed by atoms with van der Waals surface area (Å²) < 4.78 is 13.9. The molecule has 0 bridgehead atoms. The number of piperidine rings is 1. The van der Waals surface area contributed by atoms with E-state index >= 15 is 0 Å². The Morgan fingerprint density at radius 1 is 1.46 bits per heavy atom. The van der Waals surface area contributed by atoms with Crippen molar-refractivity contribution in [3.05, 3.63) is 30.1 Å². The molecule has 128 valence electrons. The third-order valence-electron chi connectivity index (χ3n) is 3.92. The molecule has 1 atom stereocenters. The van der Waals surface area contributed by atoms with Gasteiger partial charge in [0.2, 0.25) is 11.0 Å². The predicted octanol–water partition coefficient (Wildman–Crippen LogP) is 3.91. The SMILES string of the molecule is C[C@@H]1CCCCN1C(=O)CSc1nnc(Nc2cccc(F)c2)s1. The molecule has 3 rings (SSSR count). The maximum Gasteiger partial charge on any atom is 0.233 e. The zero-order valence-corrected chi connectivity index (χ0v) is 15.0. The Labute approximate surface area is 148 Å². The van der Waals surface area contributed by atoms with E-state index < -0.39 is 0 Å². The fourth-order valence-electron chi connectivity index (χ4n) is 2.68. The van der Waals surface area contributed by atoms with Crippen LogP contribution in [0.15, 0.2) is 28.6 Å². The first-order valence-corrected chi connectivity index (χ1v) is 9.70. The zero-order chi connectivity index (χ0) is 16.9. The van der Waals surface area contributed by atoms with Gasteiger partial charge in [0.15, 0.2) is 4.34 Å². The number of rotatable bonds is 5. The van der Waals surface area contributed by atoms with Crippen molar-refractivity contribution in [1.29, 1.82) is 0 Å². The Morgan fingerprint density at radius 3 is 3.12 bits per heavy atom. The van der Waals surface area contributed by atoms with Crippen LogP contribution in [-0.4, -0.2) is 39.3 Å². The molecule has 1 aliphatic heterocycles. The van der Waals surface area contributed by atoms with Crippen LogP contribution < -0.4 is 5.32 Å². The molecule has 0 radical (unpaired) electrons. The van der Waals surface area contributed by atoms with Gasteiger partial charge in [-0.15, -0.1) is 10.2 Å². The van der Waals surface area contributed by atoms with E-state index in [2.05, 4.69) is 22.4 Å². The Balaban J connectivity index is 1.53. The minimum absolute atomic E-state index is 0.155. The summed E-state index contributed by atoms with van der Waals surface area (Å²) >= 11 is 2.76. The number of nitrogens with one attached hydrogen (secondary N) is 1. The number of carbonyl (C=O) groups is 1. The molecule has 0 saturated carbocycles. The van der Waals surface area contributed by atoms with Gasteiger partial charge >= 0.3 is 0 Å². The van der Waals surface area contributed by atoms with Gasteiger partial charge in [-0.25, -0.2) is 4.39 Å². The summed E-state index contributed by atoms with van der Waals surface area (Å²) in [6, 6.07) is 6.51. The number of aromatic nitrogens is 2. The lowest BCUT2D eigenvalue weighted by atomic mass is 10.0. The van der Waals surface area contributed by atoms with Gasteiger partial charge in [-0.2, -0.15) is 0 Å². The fraction of sp³-hybridized carbons (Fsp3) is 0.438. The molecule has 2 heterocycles. The lowest BCUT2D eigenvalue weighted by Crippen LogP contribution is -2.42. The summed E-state index contributed by atoms with van der Waals surface area (Å²) in [5, 5.41) is 11.7. The monoisotopic (exact) mass is 366 g/mol. The van der Waals surface area contributed by atoms with E-state index in [4.69, 9.17) is 0 Å². The fourth-order valence-corrected chi connectivity index (χ4v) is 4.34. The first-order valence-electron chi connectivity index (χ1n) is 7.90. The quantitative estimate of drug-likeness (QED) is 0.813. The number of halogens is 1. The highest BCUT2D eigenvalue weighted by atomic mass is 32.2. The summed E-state index contributed by atoms with van der Waals surface area (Å²) in [7, 11) is 0. The van der Waals surface area contributed by atoms with Gasteiger partial charge in [-0.05, 0) is 44.4 Å². The molecule has 1 N–H and O–H groups in total. The second kappa shape index (κ2) is 7.94. The van der Waals surface area contributed by atoms with Gasteiger partial charge in [0, 0.05) is 18.3 Å². The Bertz CT molecular complexity index is 709. The highest BCUT2D eigenvalue weighted by molar-refractivity contribution is 8.01. The molecule has 1 fully saturated rings. The summed E-state index contributed by atoms with van der Waals surface area (Å²) in [5.74, 6) is 0.223. The number of hydrogen-bond donors (Lipinski definition) is 1. The smallest absolute Gasteiger partial charge is 0.233 e. The zero-order valence-electron chi connectivity index (χ0n) is 13.4. The number of thioether (sulfide) groups is 1. The number of hydrogen-bond acceptors (Lipinski definition) is 6. The molecule has 0 spiro atoms. The van der Waals surface area contributed by atoms with Gasteiger partial charge in [0.25, 0.3) is 0 Å². The van der Waals surface area contributed by atoms with Gasteiger partial charge < -0.3 is 10.2 Å². The maximum atomic E-state index is 13.2. The predicted molar refractivity (Wildman–Crippen MR) is 95.3 cm³/mol. The van der Waals surface area contributed by atoms with Gasteiger partial charge in [0.1, 0.15) is 5.82 Å². The van der Waals surface area contributed by atoms with Crippen LogP contribution in [0.5, 0.6) is 0 Å². The molecular weight excluding hydrogens is 347 g/mol. The first-order chi connectivity index (χ1) is 11.6. The van der Waals surface area contributed by atoms with Crippen LogP contribution in [0.4, 0.5) is 15.2 Å². The van der Waals surface area contributed by atoms with E-state index in [1.165, 1.54) is 41.7 Å². The van der Waals surface area contributed by atoms with E-state index in [-0.39, 0.29) is 11.7 Å². The van der Waals surface area contributed by atoms with Crippen molar-refractivity contribution < 1.29 is 9.18 Å². The van der Waals surface area contributed by atoms with E-state index in [0.29, 0.717) is 22.6 Å². The van der Waals surface area contributed by atoms with Gasteiger partial charge in [0.05, 0.1) is 5.75 Å². The van der Waals surface area contributed by atoms with Crippen LogP contribution in [0.3, 0.4) is 0 Å². The van der Waals surface area contributed by atoms with E-state index in [0.717, 1.165) is 23.7 Å². The summed E-state index contributed by atoms with van der Waals surface area (Å²) in [5.41, 5.74) is 0.626. The maximum absolute atomic E-state index is 13.2. The molecule has 8 heteroatoms. The van der Waals surface area contributed by atoms with Crippen LogP contribution in [-0.2, 0) is 4.79 Å². The Kier molecular flexibility index (Phi) is 5.68. The highest BCUT2D eigenvalue weighted by Gasteiger charge is 2.23. The molecular formula is C16H19FN4OS2. The Morgan fingerprint density at radius 2 is 2.33 bits per heavy atom. The molecule has 5 nitrogen and oxygen atoms in total. The van der Waals surface area contributed by atoms with Crippen LogP contribution >= 0.6 is 23.1 Å². The molecule has 2 aromatic rings. The van der Waals surface area contributed by atoms with Crippen molar-refractivity contribution in [3.8, 4) is 0 Å². The second-order valence-corrected chi connectivity index (χ2v) is 7.93. The number of carbonyl (C=O) groups excluding carboxylic acids is 1. The lowest BCUT2D eigenvalue weighted by Gasteiger charge is -2.33. The first kappa shape index (κ1) is 17.2. The number of anilines is 2. The molecule has 0 unspecified atom stereocenters. The average Bonchev–Trinajstić information content (AvgIpc) is 3.00. The second-order valence-electron chi connectivity index (χ2n) is 5.73. The number of nitrogens with zero attached hydrogens (tertiary/aromatic N) is 3. The van der Waals surface area contributed by atoms with Gasteiger partial charge in [-0.3, -0.25) is 4.79 Å². The van der Waals surface area contributed by atoms with Crippen LogP contribution in [0, 0.1) is 5.82 Å². The van der Waals surface area contributed by atoms with Crippen LogP contribution in [0.25, 0.3) is 0 Å². The summed E-state index contributed by atoms with van der Waals surface area (Å²) in [6.45, 7) is 2.96. The molecule has 1 saturated heterocycles. The summed E-state index contributed by atoms with van der Waals surface area (Å²) in [6.07, 6.45) is 3.36. The molecule has 1 aromatic carbocycles. The molecule has 1 aliphatic rings. The van der Waals surface area contributed by atoms with Crippen molar-refractivity contribution in [2.45, 2.75) is 36.6 Å². The van der Waals surface area contributed by atoms with Crippen LogP contribution in [0.2, 0.25) is 0 Å². The van der Waals surface area contributed by atoms with Crippen molar-refractivity contribution >= 4 is 39.8 Å². The number of likely N-dealkylation sites (tertiary alicyclic amines) is 1. The van der Waals surface area contributed by atoms with Crippen molar-refractivity contribution in [1.82, 2.24) is 15.1 Å². The third-order valence-corrected chi connectivity index (χ3v) is 5.88. The van der Waals surface area contributed by atoms with Crippen LogP contribution in [0.1, 0.15) is 26.2 Å². The standard InChI is InChI=1S/C16H19FN4OS2/c1-11-5-2-3-8-21(11)14(22)10-23-16-20-19-15(24-16)18-13-7-4-6-12(17)9-13/h4,6-7,9,11H,2-3,5,8,10H2,1H3,(H,18,19)/t11-/m1/s1. The van der Waals surface area contributed by atoms with E-state index in [1.807, 2.05) is 4.90 Å². The van der Waals surface area contributed by atoms with Gasteiger partial charge in [-0.1, -0.05) is 29.2 Å². The molecule has 24 heavy (non-hydrogen) atoms.